The lowest BCUT2D eigenvalue weighted by Crippen LogP contribution is -2.35. The van der Waals surface area contributed by atoms with Gasteiger partial charge in [0.25, 0.3) is 10.0 Å². The Balaban J connectivity index is 2.07. The quantitative estimate of drug-likeness (QED) is 0.783. The number of thiophene rings is 1. The highest BCUT2D eigenvalue weighted by Crippen LogP contribution is 2.35. The first-order valence-electron chi connectivity index (χ1n) is 6.92. The summed E-state index contributed by atoms with van der Waals surface area (Å²) >= 11 is 1.16. The van der Waals surface area contributed by atoms with Gasteiger partial charge in [-0.15, -0.1) is 11.3 Å². The van der Waals surface area contributed by atoms with E-state index in [1.54, 1.807) is 11.5 Å². The number of allylic oxidation sites excluding steroid dienone is 1. The van der Waals surface area contributed by atoms with Gasteiger partial charge in [-0.25, -0.2) is 8.42 Å². The molecule has 1 aromatic heterocycles. The predicted octanol–water partition coefficient (Wildman–Crippen LogP) is 2.67. The average molecular weight is 348 g/mol. The predicted molar refractivity (Wildman–Crippen MR) is 92.3 cm³/mol. The fraction of sp³-hybridized carbons (Fsp3) is 0.188. The first kappa shape index (κ1) is 15.8. The van der Waals surface area contributed by atoms with Gasteiger partial charge in [0.05, 0.1) is 4.88 Å². The molecule has 0 bridgehead atoms. The van der Waals surface area contributed by atoms with E-state index in [9.17, 15) is 13.2 Å². The van der Waals surface area contributed by atoms with Crippen molar-refractivity contribution in [3.05, 3.63) is 51.8 Å². The van der Waals surface area contributed by atoms with Crippen molar-refractivity contribution in [2.75, 3.05) is 26.0 Å². The molecule has 5 nitrogen and oxygen atoms in total. The Morgan fingerprint density at radius 1 is 1.13 bits per heavy atom. The maximum atomic E-state index is 12.6. The van der Waals surface area contributed by atoms with Gasteiger partial charge in [0, 0.05) is 26.8 Å². The maximum absolute atomic E-state index is 12.6. The lowest BCUT2D eigenvalue weighted by Gasteiger charge is -2.26. The topological polar surface area (TPSA) is 57.7 Å². The number of hydrogen-bond donors (Lipinski definition) is 0. The van der Waals surface area contributed by atoms with Gasteiger partial charge in [0.15, 0.2) is 0 Å². The summed E-state index contributed by atoms with van der Waals surface area (Å²) in [6.07, 6.45) is 1.61. The number of carbonyl (C=O) groups is 1. The molecule has 0 saturated heterocycles. The number of carbonyl (C=O) groups excluding carboxylic acids is 1. The van der Waals surface area contributed by atoms with Crippen LogP contribution in [0, 0.1) is 0 Å². The lowest BCUT2D eigenvalue weighted by atomic mass is 10.1. The van der Waals surface area contributed by atoms with Crippen molar-refractivity contribution >= 4 is 38.9 Å². The molecule has 2 aromatic rings. The van der Waals surface area contributed by atoms with Gasteiger partial charge in [-0.1, -0.05) is 12.1 Å². The summed E-state index contributed by atoms with van der Waals surface area (Å²) in [5.74, 6) is -0.260. The average Bonchev–Trinajstić information content (AvgIpc) is 3.01. The summed E-state index contributed by atoms with van der Waals surface area (Å²) in [6, 6.07) is 9.04. The molecule has 1 aliphatic rings. The third-order valence-corrected chi connectivity index (χ3v) is 6.61. The number of nitrogens with zero attached hydrogens (tertiary/aromatic N) is 2. The highest BCUT2D eigenvalue weighted by molar-refractivity contribution is 7.89. The minimum atomic E-state index is -3.65. The number of rotatable bonds is 2. The fourth-order valence-electron chi connectivity index (χ4n) is 2.39. The molecular weight excluding hydrogens is 332 g/mol. The van der Waals surface area contributed by atoms with Crippen molar-refractivity contribution in [3.8, 4) is 0 Å². The zero-order chi connectivity index (χ0) is 16.8. The van der Waals surface area contributed by atoms with E-state index in [1.807, 2.05) is 43.3 Å². The molecule has 2 heterocycles. The number of anilines is 1. The lowest BCUT2D eigenvalue weighted by molar-refractivity contribution is 0.101. The van der Waals surface area contributed by atoms with Gasteiger partial charge in [0.1, 0.15) is 10.6 Å². The van der Waals surface area contributed by atoms with Gasteiger partial charge >= 0.3 is 0 Å². The van der Waals surface area contributed by atoms with Crippen LogP contribution in [-0.2, 0) is 10.0 Å². The molecule has 0 aliphatic carbocycles. The SMILES string of the molecule is CN(C)c1ccc(/C=C2/C(=O)c3sccc3S(=O)(=O)N2C)cc1. The molecule has 0 fully saturated rings. The monoisotopic (exact) mass is 348 g/mol. The van der Waals surface area contributed by atoms with Crippen molar-refractivity contribution in [1.29, 1.82) is 0 Å². The minimum absolute atomic E-state index is 0.0927. The van der Waals surface area contributed by atoms with E-state index >= 15 is 0 Å². The van der Waals surface area contributed by atoms with Crippen LogP contribution in [0.1, 0.15) is 15.2 Å². The van der Waals surface area contributed by atoms with Gasteiger partial charge in [-0.3, -0.25) is 9.10 Å². The van der Waals surface area contributed by atoms with Crippen LogP contribution in [-0.4, -0.2) is 39.6 Å². The second kappa shape index (κ2) is 5.50. The van der Waals surface area contributed by atoms with Crippen molar-refractivity contribution in [2.45, 2.75) is 4.90 Å². The summed E-state index contributed by atoms with van der Waals surface area (Å²) in [7, 11) is 1.64. The summed E-state index contributed by atoms with van der Waals surface area (Å²) in [4.78, 5) is 14.9. The Kier molecular flexibility index (Phi) is 3.77. The summed E-state index contributed by atoms with van der Waals surface area (Å²) < 4.78 is 26.0. The molecule has 120 valence electrons. The van der Waals surface area contributed by atoms with Crippen LogP contribution >= 0.6 is 11.3 Å². The number of ketones is 1. The molecular formula is C16H16N2O3S2. The molecule has 0 N–H and O–H groups in total. The van der Waals surface area contributed by atoms with Gasteiger partial charge < -0.3 is 4.90 Å². The van der Waals surface area contributed by atoms with Gasteiger partial charge in [0.2, 0.25) is 5.78 Å². The van der Waals surface area contributed by atoms with Crippen LogP contribution in [0.3, 0.4) is 0 Å². The third-order valence-electron chi connectivity index (χ3n) is 3.76. The van der Waals surface area contributed by atoms with E-state index in [2.05, 4.69) is 0 Å². The summed E-state index contributed by atoms with van der Waals surface area (Å²) in [6.45, 7) is 0. The van der Waals surface area contributed by atoms with E-state index < -0.39 is 10.0 Å². The van der Waals surface area contributed by atoms with Crippen molar-refractivity contribution in [2.24, 2.45) is 0 Å². The number of likely N-dealkylation sites (N-methyl/N-ethyl adjacent to an activating group) is 1. The second-order valence-corrected chi connectivity index (χ2v) is 8.28. The Bertz CT molecular complexity index is 894. The number of hydrogen-bond acceptors (Lipinski definition) is 5. The highest BCUT2D eigenvalue weighted by Gasteiger charge is 2.38. The minimum Gasteiger partial charge on any atom is -0.378 e. The molecule has 23 heavy (non-hydrogen) atoms. The first-order valence-corrected chi connectivity index (χ1v) is 9.24. The van der Waals surface area contributed by atoms with Crippen LogP contribution < -0.4 is 4.90 Å². The van der Waals surface area contributed by atoms with Crippen molar-refractivity contribution in [1.82, 2.24) is 4.31 Å². The highest BCUT2D eigenvalue weighted by atomic mass is 32.2. The largest absolute Gasteiger partial charge is 0.378 e. The van der Waals surface area contributed by atoms with Crippen LogP contribution in [0.25, 0.3) is 6.08 Å². The van der Waals surface area contributed by atoms with E-state index in [0.29, 0.717) is 0 Å². The van der Waals surface area contributed by atoms with E-state index in [1.165, 1.54) is 13.1 Å². The van der Waals surface area contributed by atoms with Crippen LogP contribution in [0.2, 0.25) is 0 Å². The van der Waals surface area contributed by atoms with Crippen molar-refractivity contribution in [3.63, 3.8) is 0 Å². The number of benzene rings is 1. The Labute approximate surface area is 139 Å². The number of Topliss-reactive ketones (excluding diaryl/α,β-unsaturated/α-hetero) is 1. The van der Waals surface area contributed by atoms with Crippen LogP contribution in [0.4, 0.5) is 5.69 Å². The molecule has 1 aliphatic heterocycles. The molecule has 7 heteroatoms. The van der Waals surface area contributed by atoms with E-state index in [4.69, 9.17) is 0 Å². The molecule has 0 saturated carbocycles. The zero-order valence-electron chi connectivity index (χ0n) is 13.0. The molecule has 0 unspecified atom stereocenters. The van der Waals surface area contributed by atoms with E-state index in [-0.39, 0.29) is 21.3 Å². The van der Waals surface area contributed by atoms with Crippen LogP contribution in [0.5, 0.6) is 0 Å². The Hall–Kier alpha value is -2.12. The fourth-order valence-corrected chi connectivity index (χ4v) is 4.92. The molecule has 0 radical (unpaired) electrons. The maximum Gasteiger partial charge on any atom is 0.265 e. The van der Waals surface area contributed by atoms with Gasteiger partial charge in [-0.2, -0.15) is 0 Å². The van der Waals surface area contributed by atoms with Crippen LogP contribution in [0.15, 0.2) is 46.3 Å². The number of sulfonamides is 1. The number of fused-ring (bicyclic) bond motifs is 1. The smallest absolute Gasteiger partial charge is 0.265 e. The first-order chi connectivity index (χ1) is 10.8. The molecule has 3 rings (SSSR count). The zero-order valence-corrected chi connectivity index (χ0v) is 14.6. The summed E-state index contributed by atoms with van der Waals surface area (Å²) in [5, 5.41) is 1.63. The molecule has 0 atom stereocenters. The normalized spacial score (nSPS) is 18.1. The third kappa shape index (κ3) is 2.55. The molecule has 0 spiro atoms. The van der Waals surface area contributed by atoms with Gasteiger partial charge in [-0.05, 0) is 35.2 Å². The molecule has 0 amide bonds. The Morgan fingerprint density at radius 2 is 1.78 bits per heavy atom. The van der Waals surface area contributed by atoms with E-state index in [0.717, 1.165) is 26.9 Å². The van der Waals surface area contributed by atoms with Crippen molar-refractivity contribution < 1.29 is 13.2 Å². The summed E-state index contributed by atoms with van der Waals surface area (Å²) in [5.41, 5.74) is 1.97. The molecule has 1 aromatic carbocycles. The second-order valence-electron chi connectivity index (χ2n) is 5.43. The Morgan fingerprint density at radius 3 is 2.39 bits per heavy atom. The standard InChI is InChI=1S/C16H16N2O3S2/c1-17(2)12-6-4-11(5-7-12)10-13-15(19)16-14(8-9-22-16)23(20,21)18(13)3/h4-10H,1-3H3/b13-10-.